The molecule has 0 saturated carbocycles. The second-order valence-electron chi connectivity index (χ2n) is 4.11. The normalized spacial score (nSPS) is 11.0. The molecule has 92 valence electrons. The van der Waals surface area contributed by atoms with Gasteiger partial charge in [0.1, 0.15) is 5.82 Å². The van der Waals surface area contributed by atoms with Crippen LogP contribution in [0.1, 0.15) is 24.1 Å². The Labute approximate surface area is 101 Å². The average Bonchev–Trinajstić information content (AvgIpc) is 2.88. The van der Waals surface area contributed by atoms with Gasteiger partial charge in [0.15, 0.2) is 0 Å². The zero-order chi connectivity index (χ0) is 12.3. The SMILES string of the molecule is CCc1cc(Cn2ccnc2CNC)n(C)n1. The molecule has 2 aromatic rings. The Bertz CT molecular complexity index is 483. The van der Waals surface area contributed by atoms with E-state index >= 15 is 0 Å². The Balaban J connectivity index is 2.18. The molecule has 2 aromatic heterocycles. The van der Waals surface area contributed by atoms with Crippen LogP contribution < -0.4 is 5.32 Å². The number of imidazole rings is 1. The Morgan fingerprint density at radius 3 is 2.88 bits per heavy atom. The van der Waals surface area contributed by atoms with Crippen molar-refractivity contribution in [2.75, 3.05) is 7.05 Å². The van der Waals surface area contributed by atoms with Crippen LogP contribution in [0, 0.1) is 0 Å². The van der Waals surface area contributed by atoms with Crippen LogP contribution in [0.15, 0.2) is 18.5 Å². The molecule has 0 spiro atoms. The van der Waals surface area contributed by atoms with E-state index in [0.29, 0.717) is 0 Å². The quantitative estimate of drug-likeness (QED) is 0.836. The van der Waals surface area contributed by atoms with Gasteiger partial charge in [-0.25, -0.2) is 4.98 Å². The minimum atomic E-state index is 0.783. The van der Waals surface area contributed by atoms with Gasteiger partial charge in [-0.05, 0) is 19.5 Å². The van der Waals surface area contributed by atoms with Crippen LogP contribution >= 0.6 is 0 Å². The molecule has 0 aliphatic heterocycles. The molecule has 0 unspecified atom stereocenters. The molecule has 5 heteroatoms. The maximum atomic E-state index is 4.45. The van der Waals surface area contributed by atoms with Gasteiger partial charge in [-0.15, -0.1) is 0 Å². The minimum Gasteiger partial charge on any atom is -0.328 e. The van der Waals surface area contributed by atoms with E-state index in [9.17, 15) is 0 Å². The molecule has 17 heavy (non-hydrogen) atoms. The average molecular weight is 233 g/mol. The summed E-state index contributed by atoms with van der Waals surface area (Å²) in [6.07, 6.45) is 4.82. The van der Waals surface area contributed by atoms with Crippen LogP contribution in [-0.4, -0.2) is 26.4 Å². The first-order valence-electron chi connectivity index (χ1n) is 5.91. The molecular formula is C12H19N5. The summed E-state index contributed by atoms with van der Waals surface area (Å²) in [5.74, 6) is 1.05. The smallest absolute Gasteiger partial charge is 0.122 e. The first kappa shape index (κ1) is 11.9. The van der Waals surface area contributed by atoms with Crippen molar-refractivity contribution < 1.29 is 0 Å². The van der Waals surface area contributed by atoms with Gasteiger partial charge in [0.25, 0.3) is 0 Å². The van der Waals surface area contributed by atoms with Crippen molar-refractivity contribution in [2.24, 2.45) is 7.05 Å². The van der Waals surface area contributed by atoms with Crippen LogP contribution in [0.4, 0.5) is 0 Å². The lowest BCUT2D eigenvalue weighted by Crippen LogP contribution is -2.14. The molecule has 0 aliphatic rings. The number of nitrogens with zero attached hydrogens (tertiary/aromatic N) is 4. The fraction of sp³-hybridized carbons (Fsp3) is 0.500. The van der Waals surface area contributed by atoms with Crippen molar-refractivity contribution in [2.45, 2.75) is 26.4 Å². The molecule has 2 rings (SSSR count). The van der Waals surface area contributed by atoms with E-state index in [4.69, 9.17) is 0 Å². The van der Waals surface area contributed by atoms with Crippen LogP contribution in [0.25, 0.3) is 0 Å². The third-order valence-electron chi connectivity index (χ3n) is 2.86. The van der Waals surface area contributed by atoms with Crippen LogP contribution in [-0.2, 0) is 26.6 Å². The molecular weight excluding hydrogens is 214 g/mol. The van der Waals surface area contributed by atoms with Crippen molar-refractivity contribution in [1.29, 1.82) is 0 Å². The molecule has 0 atom stereocenters. The molecule has 5 nitrogen and oxygen atoms in total. The first-order chi connectivity index (χ1) is 8.24. The number of aromatic nitrogens is 4. The minimum absolute atomic E-state index is 0.783. The summed E-state index contributed by atoms with van der Waals surface area (Å²) >= 11 is 0. The number of hydrogen-bond acceptors (Lipinski definition) is 3. The Kier molecular flexibility index (Phi) is 3.58. The highest BCUT2D eigenvalue weighted by atomic mass is 15.3. The maximum Gasteiger partial charge on any atom is 0.122 e. The van der Waals surface area contributed by atoms with E-state index in [0.717, 1.165) is 31.0 Å². The van der Waals surface area contributed by atoms with Gasteiger partial charge >= 0.3 is 0 Å². The van der Waals surface area contributed by atoms with E-state index in [1.54, 1.807) is 0 Å². The van der Waals surface area contributed by atoms with Gasteiger partial charge < -0.3 is 9.88 Å². The van der Waals surface area contributed by atoms with E-state index < -0.39 is 0 Å². The zero-order valence-electron chi connectivity index (χ0n) is 10.6. The highest BCUT2D eigenvalue weighted by molar-refractivity contribution is 5.11. The fourth-order valence-electron chi connectivity index (χ4n) is 1.88. The van der Waals surface area contributed by atoms with Gasteiger partial charge in [-0.1, -0.05) is 6.92 Å². The second-order valence-corrected chi connectivity index (χ2v) is 4.11. The van der Waals surface area contributed by atoms with Gasteiger partial charge in [-0.2, -0.15) is 5.10 Å². The molecule has 0 amide bonds. The summed E-state index contributed by atoms with van der Waals surface area (Å²) in [5.41, 5.74) is 2.34. The van der Waals surface area contributed by atoms with E-state index in [1.165, 1.54) is 5.69 Å². The van der Waals surface area contributed by atoms with Gasteiger partial charge in [0, 0.05) is 19.4 Å². The van der Waals surface area contributed by atoms with Gasteiger partial charge in [-0.3, -0.25) is 4.68 Å². The summed E-state index contributed by atoms with van der Waals surface area (Å²) in [6.45, 7) is 3.72. The van der Waals surface area contributed by atoms with E-state index in [1.807, 2.05) is 31.2 Å². The molecule has 0 saturated heterocycles. The highest BCUT2D eigenvalue weighted by Crippen LogP contribution is 2.08. The largest absolute Gasteiger partial charge is 0.328 e. The Hall–Kier alpha value is -1.62. The lowest BCUT2D eigenvalue weighted by atomic mass is 10.3. The maximum absolute atomic E-state index is 4.45. The summed E-state index contributed by atoms with van der Waals surface area (Å²) in [4.78, 5) is 4.33. The third kappa shape index (κ3) is 2.55. The predicted octanol–water partition coefficient (Wildman–Crippen LogP) is 0.947. The number of rotatable bonds is 5. The zero-order valence-corrected chi connectivity index (χ0v) is 10.6. The molecule has 0 radical (unpaired) electrons. The predicted molar refractivity (Wildman–Crippen MR) is 66.7 cm³/mol. The first-order valence-corrected chi connectivity index (χ1v) is 5.91. The number of nitrogens with one attached hydrogen (secondary N) is 1. The summed E-state index contributed by atoms with van der Waals surface area (Å²) in [6, 6.07) is 2.16. The summed E-state index contributed by atoms with van der Waals surface area (Å²) in [7, 11) is 3.92. The monoisotopic (exact) mass is 233 g/mol. The molecule has 0 bridgehead atoms. The number of aryl methyl sites for hydroxylation is 2. The fourth-order valence-corrected chi connectivity index (χ4v) is 1.88. The topological polar surface area (TPSA) is 47.7 Å². The molecule has 2 heterocycles. The van der Waals surface area contributed by atoms with Gasteiger partial charge in [0.2, 0.25) is 0 Å². The molecule has 0 aromatic carbocycles. The molecule has 0 aliphatic carbocycles. The second kappa shape index (κ2) is 5.14. The summed E-state index contributed by atoms with van der Waals surface area (Å²) in [5, 5.41) is 7.57. The van der Waals surface area contributed by atoms with Crippen LogP contribution in [0.3, 0.4) is 0 Å². The van der Waals surface area contributed by atoms with E-state index in [2.05, 4.69) is 33.0 Å². The van der Waals surface area contributed by atoms with Crippen molar-refractivity contribution >= 4 is 0 Å². The van der Waals surface area contributed by atoms with Crippen LogP contribution in [0.5, 0.6) is 0 Å². The van der Waals surface area contributed by atoms with Crippen LogP contribution in [0.2, 0.25) is 0 Å². The van der Waals surface area contributed by atoms with Crippen molar-refractivity contribution in [3.63, 3.8) is 0 Å². The van der Waals surface area contributed by atoms with Crippen molar-refractivity contribution in [3.8, 4) is 0 Å². The van der Waals surface area contributed by atoms with Crippen molar-refractivity contribution in [3.05, 3.63) is 35.7 Å². The standard InChI is InChI=1S/C12H19N5/c1-4-10-7-11(16(3)15-10)9-17-6-5-14-12(17)8-13-2/h5-7,13H,4,8-9H2,1-3H3. The Morgan fingerprint density at radius 2 is 2.24 bits per heavy atom. The Morgan fingerprint density at radius 1 is 1.41 bits per heavy atom. The molecule has 1 N–H and O–H groups in total. The highest BCUT2D eigenvalue weighted by Gasteiger charge is 2.07. The third-order valence-corrected chi connectivity index (χ3v) is 2.86. The lowest BCUT2D eigenvalue weighted by Gasteiger charge is -2.07. The number of hydrogen-bond donors (Lipinski definition) is 1. The lowest BCUT2D eigenvalue weighted by molar-refractivity contribution is 0.624. The van der Waals surface area contributed by atoms with Crippen molar-refractivity contribution in [1.82, 2.24) is 24.6 Å². The van der Waals surface area contributed by atoms with E-state index in [-0.39, 0.29) is 0 Å². The van der Waals surface area contributed by atoms with Gasteiger partial charge in [0.05, 0.1) is 24.5 Å². The molecule has 0 fully saturated rings. The summed E-state index contributed by atoms with van der Waals surface area (Å²) < 4.78 is 4.09.